The lowest BCUT2D eigenvalue weighted by Crippen LogP contribution is -2.23. The van der Waals surface area contributed by atoms with Gasteiger partial charge < -0.3 is 10.1 Å². The molecule has 0 radical (unpaired) electrons. The molecule has 0 fully saturated rings. The molecule has 4 aromatic rings. The molecule has 1 aromatic heterocycles. The number of carbonyl (C=O) groups excluding carboxylic acids is 1. The molecule has 0 aliphatic heterocycles. The van der Waals surface area contributed by atoms with Gasteiger partial charge in [-0.3, -0.25) is 4.79 Å². The van der Waals surface area contributed by atoms with Gasteiger partial charge in [0.1, 0.15) is 10.8 Å². The molecule has 0 spiro atoms. The van der Waals surface area contributed by atoms with Gasteiger partial charge in [0.25, 0.3) is 0 Å². The van der Waals surface area contributed by atoms with E-state index in [2.05, 4.69) is 5.32 Å². The predicted molar refractivity (Wildman–Crippen MR) is 136 cm³/mol. The number of thioether (sulfide) groups is 1. The van der Waals surface area contributed by atoms with Gasteiger partial charge in [-0.05, 0) is 57.0 Å². The number of rotatable bonds is 7. The molecule has 1 heterocycles. The first kappa shape index (κ1) is 22.8. The lowest BCUT2D eigenvalue weighted by Gasteiger charge is -2.16. The number of anilines is 1. The van der Waals surface area contributed by atoms with Crippen molar-refractivity contribution in [2.45, 2.75) is 38.0 Å². The van der Waals surface area contributed by atoms with Gasteiger partial charge in [0.05, 0.1) is 17.4 Å². The SMILES string of the molecule is CCOc1ccc2nc(-c3ccccc3)nc(S[C@H](C)C(=O)Nc3c(C)cccc3C)c2c1. The van der Waals surface area contributed by atoms with Crippen LogP contribution in [0.4, 0.5) is 5.69 Å². The smallest absolute Gasteiger partial charge is 0.237 e. The summed E-state index contributed by atoms with van der Waals surface area (Å²) in [5.41, 5.74) is 4.70. The Labute approximate surface area is 198 Å². The fourth-order valence-corrected chi connectivity index (χ4v) is 4.53. The van der Waals surface area contributed by atoms with Crippen molar-refractivity contribution in [2.24, 2.45) is 0 Å². The van der Waals surface area contributed by atoms with Crippen LogP contribution in [0.25, 0.3) is 22.3 Å². The molecule has 4 rings (SSSR count). The Hall–Kier alpha value is -3.38. The fourth-order valence-electron chi connectivity index (χ4n) is 3.60. The number of para-hydroxylation sites is 1. The molecule has 0 aliphatic rings. The van der Waals surface area contributed by atoms with Crippen molar-refractivity contribution in [3.8, 4) is 17.1 Å². The van der Waals surface area contributed by atoms with Crippen molar-refractivity contribution in [2.75, 3.05) is 11.9 Å². The summed E-state index contributed by atoms with van der Waals surface area (Å²) in [6, 6.07) is 21.7. The first-order valence-electron chi connectivity index (χ1n) is 11.0. The van der Waals surface area contributed by atoms with E-state index in [0.29, 0.717) is 12.4 Å². The van der Waals surface area contributed by atoms with Crippen LogP contribution in [-0.2, 0) is 4.79 Å². The van der Waals surface area contributed by atoms with Crippen molar-refractivity contribution in [1.82, 2.24) is 9.97 Å². The number of benzene rings is 3. The minimum absolute atomic E-state index is 0.0635. The van der Waals surface area contributed by atoms with Gasteiger partial charge in [-0.25, -0.2) is 9.97 Å². The Bertz CT molecular complexity index is 1270. The first-order valence-corrected chi connectivity index (χ1v) is 11.9. The van der Waals surface area contributed by atoms with E-state index in [9.17, 15) is 4.79 Å². The molecule has 0 saturated carbocycles. The lowest BCUT2D eigenvalue weighted by atomic mass is 10.1. The molecular formula is C27H27N3O2S. The number of aromatic nitrogens is 2. The molecular weight excluding hydrogens is 430 g/mol. The number of nitrogens with zero attached hydrogens (tertiary/aromatic N) is 2. The van der Waals surface area contributed by atoms with E-state index in [0.717, 1.165) is 44.1 Å². The van der Waals surface area contributed by atoms with Crippen LogP contribution in [0.1, 0.15) is 25.0 Å². The Morgan fingerprint density at radius 3 is 2.42 bits per heavy atom. The van der Waals surface area contributed by atoms with Crippen LogP contribution >= 0.6 is 11.8 Å². The summed E-state index contributed by atoms with van der Waals surface area (Å²) >= 11 is 1.43. The van der Waals surface area contributed by atoms with Crippen molar-refractivity contribution in [3.63, 3.8) is 0 Å². The molecule has 0 aliphatic carbocycles. The van der Waals surface area contributed by atoms with Crippen molar-refractivity contribution < 1.29 is 9.53 Å². The van der Waals surface area contributed by atoms with Gasteiger partial charge in [0.2, 0.25) is 5.91 Å². The Kier molecular flexibility index (Phi) is 6.94. The maximum Gasteiger partial charge on any atom is 0.237 e. The van der Waals surface area contributed by atoms with Crippen LogP contribution in [0, 0.1) is 13.8 Å². The van der Waals surface area contributed by atoms with Gasteiger partial charge in [0, 0.05) is 16.6 Å². The van der Waals surface area contributed by atoms with Gasteiger partial charge in [-0.1, -0.05) is 60.3 Å². The average Bonchev–Trinajstić information content (AvgIpc) is 2.82. The third-order valence-corrected chi connectivity index (χ3v) is 6.46. The van der Waals surface area contributed by atoms with E-state index in [1.807, 2.05) is 94.4 Å². The van der Waals surface area contributed by atoms with Crippen molar-refractivity contribution in [1.29, 1.82) is 0 Å². The minimum Gasteiger partial charge on any atom is -0.494 e. The molecule has 1 atom stereocenters. The third kappa shape index (κ3) is 5.17. The van der Waals surface area contributed by atoms with E-state index >= 15 is 0 Å². The van der Waals surface area contributed by atoms with Crippen molar-refractivity contribution in [3.05, 3.63) is 77.9 Å². The van der Waals surface area contributed by atoms with Crippen LogP contribution in [0.5, 0.6) is 5.75 Å². The maximum atomic E-state index is 13.1. The Morgan fingerprint density at radius 1 is 1.00 bits per heavy atom. The number of nitrogens with one attached hydrogen (secondary N) is 1. The van der Waals surface area contributed by atoms with E-state index in [-0.39, 0.29) is 11.2 Å². The highest BCUT2D eigenvalue weighted by Gasteiger charge is 2.20. The number of hydrogen-bond acceptors (Lipinski definition) is 5. The summed E-state index contributed by atoms with van der Waals surface area (Å²) < 4.78 is 5.70. The Balaban J connectivity index is 1.69. The summed E-state index contributed by atoms with van der Waals surface area (Å²) in [6.07, 6.45) is 0. The van der Waals surface area contributed by atoms with E-state index in [4.69, 9.17) is 14.7 Å². The largest absolute Gasteiger partial charge is 0.494 e. The topological polar surface area (TPSA) is 64.1 Å². The summed E-state index contributed by atoms with van der Waals surface area (Å²) in [4.78, 5) is 22.7. The molecule has 0 bridgehead atoms. The second kappa shape index (κ2) is 10.0. The van der Waals surface area contributed by atoms with Crippen LogP contribution < -0.4 is 10.1 Å². The summed E-state index contributed by atoms with van der Waals surface area (Å²) in [5, 5.41) is 4.36. The monoisotopic (exact) mass is 457 g/mol. The van der Waals surface area contributed by atoms with Crippen LogP contribution in [0.2, 0.25) is 0 Å². The molecule has 0 saturated heterocycles. The maximum absolute atomic E-state index is 13.1. The second-order valence-corrected chi connectivity index (χ2v) is 9.18. The van der Waals surface area contributed by atoms with Gasteiger partial charge in [0.15, 0.2) is 5.82 Å². The van der Waals surface area contributed by atoms with E-state index in [1.54, 1.807) is 0 Å². The highest BCUT2D eigenvalue weighted by molar-refractivity contribution is 8.00. The van der Waals surface area contributed by atoms with E-state index in [1.165, 1.54) is 11.8 Å². The number of aryl methyl sites for hydroxylation is 2. The molecule has 33 heavy (non-hydrogen) atoms. The summed E-state index contributed by atoms with van der Waals surface area (Å²) in [6.45, 7) is 8.43. The molecule has 6 heteroatoms. The molecule has 0 unspecified atom stereocenters. The third-order valence-electron chi connectivity index (χ3n) is 5.36. The zero-order valence-electron chi connectivity index (χ0n) is 19.3. The predicted octanol–water partition coefficient (Wildman–Crippen LogP) is 6.43. The number of ether oxygens (including phenoxy) is 1. The standard InChI is InChI=1S/C27H27N3O2S/c1-5-32-21-14-15-23-22(16-21)27(30-25(28-23)20-12-7-6-8-13-20)33-19(4)26(31)29-24-17(2)10-9-11-18(24)3/h6-16,19H,5H2,1-4H3,(H,29,31)/t19-/m1/s1. The van der Waals surface area contributed by atoms with Crippen LogP contribution in [-0.4, -0.2) is 27.7 Å². The minimum atomic E-state index is -0.360. The van der Waals surface area contributed by atoms with Crippen molar-refractivity contribution >= 4 is 34.3 Å². The molecule has 3 aromatic carbocycles. The Morgan fingerprint density at radius 2 is 1.73 bits per heavy atom. The van der Waals surface area contributed by atoms with Crippen LogP contribution in [0.3, 0.4) is 0 Å². The van der Waals surface area contributed by atoms with Gasteiger partial charge >= 0.3 is 0 Å². The zero-order valence-corrected chi connectivity index (χ0v) is 20.1. The molecule has 5 nitrogen and oxygen atoms in total. The first-order chi connectivity index (χ1) is 16.0. The lowest BCUT2D eigenvalue weighted by molar-refractivity contribution is -0.115. The molecule has 168 valence electrons. The molecule has 1 N–H and O–H groups in total. The fraction of sp³-hybridized carbons (Fsp3) is 0.222. The summed E-state index contributed by atoms with van der Waals surface area (Å²) in [7, 11) is 0. The van der Waals surface area contributed by atoms with Gasteiger partial charge in [-0.15, -0.1) is 0 Å². The number of hydrogen-bond donors (Lipinski definition) is 1. The average molecular weight is 458 g/mol. The van der Waals surface area contributed by atoms with Crippen LogP contribution in [0.15, 0.2) is 71.8 Å². The number of carbonyl (C=O) groups is 1. The molecule has 1 amide bonds. The number of fused-ring (bicyclic) bond motifs is 1. The quantitative estimate of drug-likeness (QED) is 0.256. The zero-order chi connectivity index (χ0) is 23.4. The highest BCUT2D eigenvalue weighted by Crippen LogP contribution is 2.33. The van der Waals surface area contributed by atoms with Gasteiger partial charge in [-0.2, -0.15) is 0 Å². The number of amides is 1. The summed E-state index contributed by atoms with van der Waals surface area (Å²) in [5.74, 6) is 1.33. The van der Waals surface area contributed by atoms with E-state index < -0.39 is 0 Å². The second-order valence-electron chi connectivity index (χ2n) is 7.85. The highest BCUT2D eigenvalue weighted by atomic mass is 32.2. The normalized spacial score (nSPS) is 11.9.